The third kappa shape index (κ3) is 3.98. The molecule has 0 spiro atoms. The largest absolute Gasteiger partial charge is 0.370 e. The first-order valence-corrected chi connectivity index (χ1v) is 6.44. The first-order chi connectivity index (χ1) is 8.97. The van der Waals surface area contributed by atoms with Crippen molar-refractivity contribution in [3.05, 3.63) is 29.3 Å². The maximum absolute atomic E-state index is 11.9. The zero-order chi connectivity index (χ0) is 14.4. The molecule has 4 N–H and O–H groups in total. The van der Waals surface area contributed by atoms with E-state index in [1.807, 2.05) is 25.1 Å². The first kappa shape index (κ1) is 15.0. The van der Waals surface area contributed by atoms with Crippen molar-refractivity contribution in [3.8, 4) is 0 Å². The van der Waals surface area contributed by atoms with Gasteiger partial charge in [-0.15, -0.1) is 0 Å². The molecule has 0 saturated heterocycles. The predicted octanol–water partition coefficient (Wildman–Crippen LogP) is 2.38. The van der Waals surface area contributed by atoms with Crippen LogP contribution in [0.25, 0.3) is 0 Å². The number of rotatable bonds is 4. The van der Waals surface area contributed by atoms with Crippen molar-refractivity contribution in [2.45, 2.75) is 33.1 Å². The molecule has 0 radical (unpaired) electrons. The quantitative estimate of drug-likeness (QED) is 0.575. The third-order valence-corrected chi connectivity index (χ3v) is 3.00. The van der Waals surface area contributed by atoms with Crippen LogP contribution in [0.15, 0.2) is 18.2 Å². The van der Waals surface area contributed by atoms with Crippen LogP contribution in [0.5, 0.6) is 0 Å². The summed E-state index contributed by atoms with van der Waals surface area (Å²) in [5.74, 6) is -0.347. The molecule has 5 heteroatoms. The van der Waals surface area contributed by atoms with Crippen LogP contribution in [-0.2, 0) is 6.42 Å². The molecule has 1 aromatic carbocycles. The van der Waals surface area contributed by atoms with E-state index in [0.717, 1.165) is 36.1 Å². The molecule has 0 saturated carbocycles. The molecule has 0 aromatic heterocycles. The number of nitrogens with two attached hydrogens (primary N) is 1. The molecule has 0 aliphatic carbocycles. The van der Waals surface area contributed by atoms with Gasteiger partial charge in [0.25, 0.3) is 0 Å². The van der Waals surface area contributed by atoms with Crippen LogP contribution in [0, 0.1) is 12.3 Å². The minimum atomic E-state index is -0.389. The fourth-order valence-corrected chi connectivity index (χ4v) is 2.07. The molecule has 1 aromatic rings. The van der Waals surface area contributed by atoms with Gasteiger partial charge in [0.1, 0.15) is 0 Å². The van der Waals surface area contributed by atoms with Crippen LogP contribution in [0.1, 0.15) is 30.9 Å². The number of unbranched alkanes of at least 4 members (excludes halogenated alkanes) is 1. The van der Waals surface area contributed by atoms with E-state index in [9.17, 15) is 4.79 Å². The van der Waals surface area contributed by atoms with Gasteiger partial charge < -0.3 is 5.73 Å². The van der Waals surface area contributed by atoms with Crippen molar-refractivity contribution in [2.75, 3.05) is 11.9 Å². The smallest absolute Gasteiger partial charge is 0.328 e. The van der Waals surface area contributed by atoms with Gasteiger partial charge in [0.15, 0.2) is 5.96 Å². The summed E-state index contributed by atoms with van der Waals surface area (Å²) in [4.78, 5) is 13.4. The third-order valence-electron chi connectivity index (χ3n) is 3.00. The molecule has 0 atom stereocenters. The van der Waals surface area contributed by atoms with Gasteiger partial charge in [0.2, 0.25) is 0 Å². The van der Waals surface area contributed by atoms with Crippen molar-refractivity contribution in [1.82, 2.24) is 5.32 Å². The second-order valence-electron chi connectivity index (χ2n) is 4.59. The number of nitrogens with one attached hydrogen (secondary N) is 2. The SMILES string of the molecule is CCCCc1cccc(C)c1N(C)C(=O)NC(=N)N. The average molecular weight is 262 g/mol. The van der Waals surface area contributed by atoms with Gasteiger partial charge in [-0.1, -0.05) is 31.5 Å². The molecule has 2 amide bonds. The molecular weight excluding hydrogens is 240 g/mol. The Bertz CT molecular complexity index is 471. The van der Waals surface area contributed by atoms with Gasteiger partial charge in [-0.05, 0) is 30.9 Å². The maximum Gasteiger partial charge on any atom is 0.328 e. The summed E-state index contributed by atoms with van der Waals surface area (Å²) in [5.41, 5.74) is 8.27. The molecule has 0 bridgehead atoms. The number of para-hydroxylation sites is 1. The van der Waals surface area contributed by atoms with E-state index in [1.165, 1.54) is 4.90 Å². The Morgan fingerprint density at radius 2 is 2.16 bits per heavy atom. The molecule has 0 aliphatic heterocycles. The number of carbonyl (C=O) groups excluding carboxylic acids is 1. The Hall–Kier alpha value is -2.04. The number of hydrogen-bond acceptors (Lipinski definition) is 2. The first-order valence-electron chi connectivity index (χ1n) is 6.44. The minimum absolute atomic E-state index is 0.347. The zero-order valence-corrected chi connectivity index (χ0v) is 11.8. The minimum Gasteiger partial charge on any atom is -0.370 e. The second-order valence-corrected chi connectivity index (χ2v) is 4.59. The lowest BCUT2D eigenvalue weighted by molar-refractivity contribution is 0.251. The second kappa shape index (κ2) is 6.78. The van der Waals surface area contributed by atoms with Gasteiger partial charge >= 0.3 is 6.03 Å². The summed E-state index contributed by atoms with van der Waals surface area (Å²) in [6, 6.07) is 5.62. The highest BCUT2D eigenvalue weighted by Crippen LogP contribution is 2.25. The fourth-order valence-electron chi connectivity index (χ4n) is 2.07. The summed E-state index contributed by atoms with van der Waals surface area (Å²) >= 11 is 0. The number of amides is 2. The van der Waals surface area contributed by atoms with Gasteiger partial charge in [-0.3, -0.25) is 15.6 Å². The molecular formula is C14H22N4O. The lowest BCUT2D eigenvalue weighted by Crippen LogP contribution is -2.44. The van der Waals surface area contributed by atoms with Crippen LogP contribution in [0.3, 0.4) is 0 Å². The molecule has 0 fully saturated rings. The van der Waals surface area contributed by atoms with Crippen LogP contribution in [-0.4, -0.2) is 19.0 Å². The number of carbonyl (C=O) groups is 1. The Morgan fingerprint density at radius 3 is 2.74 bits per heavy atom. The molecule has 1 rings (SSSR count). The van der Waals surface area contributed by atoms with E-state index in [0.29, 0.717) is 0 Å². The van der Waals surface area contributed by atoms with E-state index >= 15 is 0 Å². The molecule has 0 heterocycles. The van der Waals surface area contributed by atoms with Gasteiger partial charge in [-0.2, -0.15) is 0 Å². The van der Waals surface area contributed by atoms with Gasteiger partial charge in [-0.25, -0.2) is 4.79 Å². The van der Waals surface area contributed by atoms with Crippen LogP contribution in [0.4, 0.5) is 10.5 Å². The topological polar surface area (TPSA) is 82.2 Å². The van der Waals surface area contributed by atoms with Crippen LogP contribution >= 0.6 is 0 Å². The lowest BCUT2D eigenvalue weighted by atomic mass is 10.0. The lowest BCUT2D eigenvalue weighted by Gasteiger charge is -2.23. The van der Waals surface area contributed by atoms with Crippen LogP contribution < -0.4 is 16.0 Å². The summed E-state index contributed by atoms with van der Waals surface area (Å²) in [5, 5.41) is 9.42. The number of anilines is 1. The van der Waals surface area contributed by atoms with E-state index in [-0.39, 0.29) is 12.0 Å². The number of aryl methyl sites for hydroxylation is 2. The molecule has 5 nitrogen and oxygen atoms in total. The van der Waals surface area contributed by atoms with Gasteiger partial charge in [0.05, 0.1) is 5.69 Å². The predicted molar refractivity (Wildman–Crippen MR) is 78.6 cm³/mol. The number of urea groups is 1. The van der Waals surface area contributed by atoms with Crippen molar-refractivity contribution < 1.29 is 4.79 Å². The van der Waals surface area contributed by atoms with Crippen LogP contribution in [0.2, 0.25) is 0 Å². The Balaban J connectivity index is 3.02. The van der Waals surface area contributed by atoms with Crippen molar-refractivity contribution in [3.63, 3.8) is 0 Å². The molecule has 0 aliphatic rings. The summed E-state index contributed by atoms with van der Waals surface area (Å²) in [7, 11) is 1.69. The molecule has 0 unspecified atom stereocenters. The molecule has 19 heavy (non-hydrogen) atoms. The van der Waals surface area contributed by atoms with E-state index < -0.39 is 0 Å². The summed E-state index contributed by atoms with van der Waals surface area (Å²) in [6.07, 6.45) is 3.13. The average Bonchev–Trinajstić information content (AvgIpc) is 2.34. The van der Waals surface area contributed by atoms with E-state index in [4.69, 9.17) is 11.1 Å². The Morgan fingerprint density at radius 1 is 1.47 bits per heavy atom. The number of guanidine groups is 1. The monoisotopic (exact) mass is 262 g/mol. The number of nitrogens with zero attached hydrogens (tertiary/aromatic N) is 1. The normalized spacial score (nSPS) is 10.1. The number of benzene rings is 1. The standard InChI is InChI=1S/C14H22N4O/c1-4-5-8-11-9-6-7-10(2)12(11)18(3)14(19)17-13(15)16/h6-7,9H,4-5,8H2,1-3H3,(H4,15,16,17,19). The van der Waals surface area contributed by atoms with Gasteiger partial charge in [0, 0.05) is 7.05 Å². The highest BCUT2D eigenvalue weighted by Gasteiger charge is 2.16. The Labute approximate surface area is 114 Å². The summed E-state index contributed by atoms with van der Waals surface area (Å²) < 4.78 is 0. The van der Waals surface area contributed by atoms with Crippen molar-refractivity contribution in [2.24, 2.45) is 5.73 Å². The highest BCUT2D eigenvalue weighted by atomic mass is 16.2. The number of hydrogen-bond donors (Lipinski definition) is 3. The Kier molecular flexibility index (Phi) is 5.36. The summed E-state index contributed by atoms with van der Waals surface area (Å²) in [6.45, 7) is 4.12. The maximum atomic E-state index is 11.9. The van der Waals surface area contributed by atoms with E-state index in [2.05, 4.69) is 12.2 Å². The molecule has 104 valence electrons. The van der Waals surface area contributed by atoms with E-state index in [1.54, 1.807) is 7.05 Å². The van der Waals surface area contributed by atoms with Crippen molar-refractivity contribution in [1.29, 1.82) is 5.41 Å². The fraction of sp³-hybridized carbons (Fsp3) is 0.429. The zero-order valence-electron chi connectivity index (χ0n) is 11.8. The highest BCUT2D eigenvalue weighted by molar-refractivity contribution is 6.02. The van der Waals surface area contributed by atoms with Crippen molar-refractivity contribution >= 4 is 17.7 Å².